The van der Waals surface area contributed by atoms with E-state index in [0.717, 1.165) is 12.8 Å². The summed E-state index contributed by atoms with van der Waals surface area (Å²) in [7, 11) is 0. The molecule has 1 saturated carbocycles. The van der Waals surface area contributed by atoms with Crippen molar-refractivity contribution in [1.29, 1.82) is 5.26 Å². The predicted molar refractivity (Wildman–Crippen MR) is 50.2 cm³/mol. The average Bonchev–Trinajstić information content (AvgIpc) is 2.65. The molecule has 0 aromatic rings. The Morgan fingerprint density at radius 3 is 2.38 bits per heavy atom. The summed E-state index contributed by atoms with van der Waals surface area (Å²) in [6.07, 6.45) is -2.88. The van der Waals surface area contributed by atoms with Crippen LogP contribution in [-0.2, 0) is 4.79 Å². The highest BCUT2D eigenvalue weighted by atomic mass is 19.4. The Balaban J connectivity index is 2.43. The molecule has 0 aromatic carbocycles. The molecule has 0 saturated heterocycles. The van der Waals surface area contributed by atoms with Crippen LogP contribution < -0.4 is 5.32 Å². The minimum Gasteiger partial charge on any atom is -0.354 e. The van der Waals surface area contributed by atoms with Crippen LogP contribution in [0.2, 0.25) is 0 Å². The second-order valence-corrected chi connectivity index (χ2v) is 4.02. The number of hydrogen-bond acceptors (Lipinski definition) is 2. The standard InChI is InChI=1S/C10H13F3N2O/c11-10(12,13)5-6-15-8(16)9(7-14)3-1-2-4-9/h1-6H2,(H,15,16). The van der Waals surface area contributed by atoms with Crippen molar-refractivity contribution >= 4 is 5.91 Å². The quantitative estimate of drug-likeness (QED) is 0.813. The van der Waals surface area contributed by atoms with Gasteiger partial charge in [-0.3, -0.25) is 4.79 Å². The second-order valence-electron chi connectivity index (χ2n) is 4.02. The van der Waals surface area contributed by atoms with E-state index in [1.165, 1.54) is 0 Å². The molecule has 1 aliphatic rings. The molecule has 0 bridgehead atoms. The number of hydrogen-bond donors (Lipinski definition) is 1. The first kappa shape index (κ1) is 12.8. The van der Waals surface area contributed by atoms with Gasteiger partial charge < -0.3 is 5.32 Å². The third-order valence-corrected chi connectivity index (χ3v) is 2.80. The van der Waals surface area contributed by atoms with Crippen molar-refractivity contribution in [3.63, 3.8) is 0 Å². The number of nitrogens with one attached hydrogen (secondary N) is 1. The first-order chi connectivity index (χ1) is 7.40. The summed E-state index contributed by atoms with van der Waals surface area (Å²) in [5, 5.41) is 11.1. The average molecular weight is 234 g/mol. The lowest BCUT2D eigenvalue weighted by Crippen LogP contribution is -2.39. The zero-order chi connectivity index (χ0) is 12.2. The Hall–Kier alpha value is -1.25. The topological polar surface area (TPSA) is 52.9 Å². The highest BCUT2D eigenvalue weighted by molar-refractivity contribution is 5.85. The lowest BCUT2D eigenvalue weighted by molar-refractivity contribution is -0.137. The highest BCUT2D eigenvalue weighted by Gasteiger charge is 2.41. The minimum absolute atomic E-state index is 0.446. The van der Waals surface area contributed by atoms with E-state index in [4.69, 9.17) is 5.26 Å². The van der Waals surface area contributed by atoms with Crippen molar-refractivity contribution in [1.82, 2.24) is 5.32 Å². The maximum Gasteiger partial charge on any atom is 0.390 e. The molecule has 1 aliphatic carbocycles. The van der Waals surface area contributed by atoms with Gasteiger partial charge in [0.15, 0.2) is 0 Å². The van der Waals surface area contributed by atoms with E-state index >= 15 is 0 Å². The molecule has 1 fully saturated rings. The summed E-state index contributed by atoms with van der Waals surface area (Å²) in [6, 6.07) is 1.93. The van der Waals surface area contributed by atoms with Crippen LogP contribution in [0.3, 0.4) is 0 Å². The number of nitriles is 1. The van der Waals surface area contributed by atoms with Gasteiger partial charge >= 0.3 is 6.18 Å². The number of rotatable bonds is 3. The molecule has 0 aliphatic heterocycles. The summed E-state index contributed by atoms with van der Waals surface area (Å²) in [5.41, 5.74) is -1.09. The van der Waals surface area contributed by atoms with Gasteiger partial charge in [0.25, 0.3) is 0 Å². The molecular formula is C10H13F3N2O. The van der Waals surface area contributed by atoms with Gasteiger partial charge in [-0.15, -0.1) is 0 Å². The van der Waals surface area contributed by atoms with Crippen LogP contribution in [0, 0.1) is 16.7 Å². The van der Waals surface area contributed by atoms with Crippen LogP contribution in [0.4, 0.5) is 13.2 Å². The molecule has 0 atom stereocenters. The van der Waals surface area contributed by atoms with Gasteiger partial charge in [-0.05, 0) is 12.8 Å². The molecule has 3 nitrogen and oxygen atoms in total. The van der Waals surface area contributed by atoms with Gasteiger partial charge in [-0.25, -0.2) is 0 Å². The van der Waals surface area contributed by atoms with E-state index in [1.807, 2.05) is 6.07 Å². The molecular weight excluding hydrogens is 221 g/mol. The summed E-state index contributed by atoms with van der Waals surface area (Å²) in [5.74, 6) is -0.559. The maximum atomic E-state index is 11.8. The van der Waals surface area contributed by atoms with Gasteiger partial charge in [-0.2, -0.15) is 18.4 Å². The smallest absolute Gasteiger partial charge is 0.354 e. The number of carbonyl (C=O) groups excluding carboxylic acids is 1. The van der Waals surface area contributed by atoms with E-state index < -0.39 is 30.5 Å². The van der Waals surface area contributed by atoms with Crippen LogP contribution in [0.5, 0.6) is 0 Å². The molecule has 1 rings (SSSR count). The summed E-state index contributed by atoms with van der Waals surface area (Å²) < 4.78 is 35.5. The van der Waals surface area contributed by atoms with Gasteiger partial charge in [0.2, 0.25) is 5.91 Å². The molecule has 0 spiro atoms. The Morgan fingerprint density at radius 1 is 1.38 bits per heavy atom. The van der Waals surface area contributed by atoms with E-state index in [2.05, 4.69) is 5.32 Å². The van der Waals surface area contributed by atoms with Crippen LogP contribution >= 0.6 is 0 Å². The van der Waals surface area contributed by atoms with Crippen LogP contribution in [0.25, 0.3) is 0 Å². The second kappa shape index (κ2) is 4.73. The van der Waals surface area contributed by atoms with Crippen molar-refractivity contribution in [2.75, 3.05) is 6.54 Å². The number of nitrogens with zero attached hydrogens (tertiary/aromatic N) is 1. The van der Waals surface area contributed by atoms with Crippen molar-refractivity contribution < 1.29 is 18.0 Å². The normalized spacial score (nSPS) is 19.1. The van der Waals surface area contributed by atoms with Gasteiger partial charge in [0, 0.05) is 6.54 Å². The zero-order valence-corrected chi connectivity index (χ0v) is 8.73. The molecule has 0 aromatic heterocycles. The van der Waals surface area contributed by atoms with Crippen molar-refractivity contribution in [3.8, 4) is 6.07 Å². The first-order valence-electron chi connectivity index (χ1n) is 5.16. The molecule has 0 radical (unpaired) electrons. The SMILES string of the molecule is N#CC1(C(=O)NCCC(F)(F)F)CCCC1. The van der Waals surface area contributed by atoms with Gasteiger partial charge in [-0.1, -0.05) is 12.8 Å². The molecule has 1 amide bonds. The summed E-state index contributed by atoms with van der Waals surface area (Å²) in [4.78, 5) is 11.6. The number of carbonyl (C=O) groups is 1. The molecule has 16 heavy (non-hydrogen) atoms. The largest absolute Gasteiger partial charge is 0.390 e. The fourth-order valence-corrected chi connectivity index (χ4v) is 1.86. The summed E-state index contributed by atoms with van der Waals surface area (Å²) >= 11 is 0. The Morgan fingerprint density at radius 2 is 1.94 bits per heavy atom. The van der Waals surface area contributed by atoms with E-state index in [0.29, 0.717) is 12.8 Å². The van der Waals surface area contributed by atoms with Crippen molar-refractivity contribution in [3.05, 3.63) is 0 Å². The lowest BCUT2D eigenvalue weighted by Gasteiger charge is -2.19. The van der Waals surface area contributed by atoms with Crippen LogP contribution in [0.1, 0.15) is 32.1 Å². The number of halogens is 3. The van der Waals surface area contributed by atoms with E-state index in [9.17, 15) is 18.0 Å². The molecule has 1 N–H and O–H groups in total. The maximum absolute atomic E-state index is 11.8. The van der Waals surface area contributed by atoms with Crippen molar-refractivity contribution in [2.45, 2.75) is 38.3 Å². The molecule has 6 heteroatoms. The number of amides is 1. The number of alkyl halides is 3. The minimum atomic E-state index is -4.28. The lowest BCUT2D eigenvalue weighted by atomic mass is 9.87. The van der Waals surface area contributed by atoms with Gasteiger partial charge in [0.1, 0.15) is 5.41 Å². The third kappa shape index (κ3) is 3.12. The molecule has 90 valence electrons. The Bertz CT molecular complexity index is 300. The van der Waals surface area contributed by atoms with E-state index in [-0.39, 0.29) is 0 Å². The Kier molecular flexibility index (Phi) is 3.79. The zero-order valence-electron chi connectivity index (χ0n) is 8.73. The first-order valence-corrected chi connectivity index (χ1v) is 5.16. The Labute approximate surface area is 91.6 Å². The summed E-state index contributed by atoms with van der Waals surface area (Å²) in [6.45, 7) is -0.453. The monoisotopic (exact) mass is 234 g/mol. The highest BCUT2D eigenvalue weighted by Crippen LogP contribution is 2.37. The molecule has 0 unspecified atom stereocenters. The third-order valence-electron chi connectivity index (χ3n) is 2.80. The van der Waals surface area contributed by atoms with Crippen LogP contribution in [0.15, 0.2) is 0 Å². The fourth-order valence-electron chi connectivity index (χ4n) is 1.86. The molecule has 0 heterocycles. The van der Waals surface area contributed by atoms with Crippen molar-refractivity contribution in [2.24, 2.45) is 5.41 Å². The van der Waals surface area contributed by atoms with E-state index in [1.54, 1.807) is 0 Å². The van der Waals surface area contributed by atoms with Gasteiger partial charge in [0.05, 0.1) is 12.5 Å². The van der Waals surface area contributed by atoms with Crippen LogP contribution in [-0.4, -0.2) is 18.6 Å². The fraction of sp³-hybridized carbons (Fsp3) is 0.800. The predicted octanol–water partition coefficient (Wildman–Crippen LogP) is 2.14.